The maximum absolute atomic E-state index is 6.28. The molecule has 0 N–H and O–H groups in total. The number of rotatable bonds is 2. The van der Waals surface area contributed by atoms with Crippen molar-refractivity contribution >= 4 is 0 Å². The second-order valence-corrected chi connectivity index (χ2v) is 9.57. The van der Waals surface area contributed by atoms with E-state index in [0.29, 0.717) is 11.8 Å². The van der Waals surface area contributed by atoms with Gasteiger partial charge in [0.25, 0.3) is 0 Å². The van der Waals surface area contributed by atoms with E-state index in [9.17, 15) is 0 Å². The number of hydrogen-bond acceptors (Lipinski definition) is 6. The zero-order chi connectivity index (χ0) is 18.0. The molecule has 5 aliphatic rings. The zero-order valence-corrected chi connectivity index (χ0v) is 16.2. The maximum Gasteiger partial charge on any atom is 0.201 e. The van der Waals surface area contributed by atoms with Crippen LogP contribution >= 0.6 is 0 Å². The van der Waals surface area contributed by atoms with E-state index < -0.39 is 29.6 Å². The molecule has 2 bridgehead atoms. The van der Waals surface area contributed by atoms with Crippen molar-refractivity contribution in [2.24, 2.45) is 23.7 Å². The average molecular weight is 356 g/mol. The zero-order valence-electron chi connectivity index (χ0n) is 16.2. The first-order chi connectivity index (χ1) is 11.6. The van der Waals surface area contributed by atoms with Gasteiger partial charge in [-0.3, -0.25) is 0 Å². The third kappa shape index (κ3) is 2.86. The van der Waals surface area contributed by atoms with E-state index in [1.807, 2.05) is 27.7 Å². The minimum Gasteiger partial charge on any atom is -0.317 e. The molecule has 4 heterocycles. The molecular formula is C19H32O6. The van der Waals surface area contributed by atoms with E-state index >= 15 is 0 Å². The van der Waals surface area contributed by atoms with Gasteiger partial charge in [0.15, 0.2) is 18.2 Å². The highest BCUT2D eigenvalue weighted by molar-refractivity contribution is 5.08. The lowest BCUT2D eigenvalue weighted by Gasteiger charge is -2.59. The molecule has 1 spiro atoms. The summed E-state index contributed by atoms with van der Waals surface area (Å²) in [4.78, 5) is 23.2. The Morgan fingerprint density at radius 1 is 1.00 bits per heavy atom. The van der Waals surface area contributed by atoms with Crippen LogP contribution < -0.4 is 0 Å². The molecule has 8 unspecified atom stereocenters. The molecule has 5 fully saturated rings. The Hall–Kier alpha value is -0.240. The van der Waals surface area contributed by atoms with Crippen LogP contribution in [0.4, 0.5) is 0 Å². The number of ether oxygens (including phenoxy) is 2. The second kappa shape index (κ2) is 5.88. The summed E-state index contributed by atoms with van der Waals surface area (Å²) in [6.07, 6.45) is 3.12. The maximum atomic E-state index is 6.28. The molecule has 5 rings (SSSR count). The van der Waals surface area contributed by atoms with Gasteiger partial charge in [0, 0.05) is 18.3 Å². The van der Waals surface area contributed by atoms with Gasteiger partial charge in [0.2, 0.25) is 5.79 Å². The molecule has 25 heavy (non-hydrogen) atoms. The smallest absolute Gasteiger partial charge is 0.201 e. The lowest BCUT2D eigenvalue weighted by molar-refractivity contribution is -0.588. The van der Waals surface area contributed by atoms with E-state index in [0.717, 1.165) is 19.3 Å². The van der Waals surface area contributed by atoms with Gasteiger partial charge in [-0.2, -0.15) is 0 Å². The Bertz CT molecular complexity index is 519. The van der Waals surface area contributed by atoms with Crippen molar-refractivity contribution in [3.8, 4) is 0 Å². The fourth-order valence-electron chi connectivity index (χ4n) is 5.17. The standard InChI is InChI=1S/C19H32O6/c1-11-7-8-14-12(2)15(22-23-17(3,4)5)20-16-19(14)13(11)9-10-18(6,21-16)24-25-19/h11-16H,7-10H2,1-6H3. The van der Waals surface area contributed by atoms with Crippen LogP contribution in [-0.2, 0) is 29.0 Å². The lowest BCUT2D eigenvalue weighted by Crippen LogP contribution is -2.70. The molecule has 8 atom stereocenters. The number of hydrogen-bond donors (Lipinski definition) is 0. The predicted octanol–water partition coefficient (Wildman–Crippen LogP) is 3.94. The summed E-state index contributed by atoms with van der Waals surface area (Å²) in [7, 11) is 0. The molecule has 144 valence electrons. The van der Waals surface area contributed by atoms with Crippen molar-refractivity contribution in [1.29, 1.82) is 0 Å². The van der Waals surface area contributed by atoms with E-state index in [4.69, 9.17) is 29.0 Å². The molecule has 4 aliphatic heterocycles. The van der Waals surface area contributed by atoms with Crippen LogP contribution in [0.15, 0.2) is 0 Å². The van der Waals surface area contributed by atoms with Crippen molar-refractivity contribution < 1.29 is 29.0 Å². The quantitative estimate of drug-likeness (QED) is 0.552. The van der Waals surface area contributed by atoms with Gasteiger partial charge in [-0.15, -0.1) is 0 Å². The summed E-state index contributed by atoms with van der Waals surface area (Å²) in [6, 6.07) is 0. The summed E-state index contributed by atoms with van der Waals surface area (Å²) < 4.78 is 12.6. The van der Waals surface area contributed by atoms with Crippen LogP contribution in [0, 0.1) is 23.7 Å². The molecule has 6 nitrogen and oxygen atoms in total. The summed E-state index contributed by atoms with van der Waals surface area (Å²) in [6.45, 7) is 12.3. The van der Waals surface area contributed by atoms with Gasteiger partial charge in [-0.05, 0) is 58.8 Å². The Morgan fingerprint density at radius 3 is 2.48 bits per heavy atom. The summed E-state index contributed by atoms with van der Waals surface area (Å²) >= 11 is 0. The first-order valence-electron chi connectivity index (χ1n) is 9.69. The lowest BCUT2D eigenvalue weighted by atomic mass is 9.58. The van der Waals surface area contributed by atoms with Crippen LogP contribution in [0.5, 0.6) is 0 Å². The van der Waals surface area contributed by atoms with Crippen LogP contribution in [-0.4, -0.2) is 29.6 Å². The second-order valence-electron chi connectivity index (χ2n) is 9.57. The summed E-state index contributed by atoms with van der Waals surface area (Å²) in [5.41, 5.74) is -0.939. The van der Waals surface area contributed by atoms with Crippen molar-refractivity contribution in [3.05, 3.63) is 0 Å². The summed E-state index contributed by atoms with van der Waals surface area (Å²) in [5, 5.41) is 0. The highest BCUT2D eigenvalue weighted by Gasteiger charge is 2.69. The highest BCUT2D eigenvalue weighted by atomic mass is 17.3. The van der Waals surface area contributed by atoms with Gasteiger partial charge in [-0.1, -0.05) is 13.8 Å². The SMILES string of the molecule is CC1CCC2C(C)C(OOC(C)(C)C)OC3OC4(C)CCC1C32OO4. The molecule has 0 radical (unpaired) electrons. The third-order valence-corrected chi connectivity index (χ3v) is 6.49. The minimum atomic E-state index is -0.756. The van der Waals surface area contributed by atoms with Crippen molar-refractivity contribution in [2.75, 3.05) is 0 Å². The van der Waals surface area contributed by atoms with E-state index in [1.165, 1.54) is 6.42 Å². The van der Waals surface area contributed by atoms with Crippen LogP contribution in [0.3, 0.4) is 0 Å². The largest absolute Gasteiger partial charge is 0.317 e. The van der Waals surface area contributed by atoms with Gasteiger partial charge in [0.1, 0.15) is 0 Å². The topological polar surface area (TPSA) is 55.4 Å². The van der Waals surface area contributed by atoms with E-state index in [2.05, 4.69) is 13.8 Å². The van der Waals surface area contributed by atoms with E-state index in [1.54, 1.807) is 0 Å². The molecule has 0 aromatic carbocycles. The molecule has 0 aromatic rings. The van der Waals surface area contributed by atoms with Crippen molar-refractivity contribution in [3.63, 3.8) is 0 Å². The van der Waals surface area contributed by atoms with Crippen LogP contribution in [0.2, 0.25) is 0 Å². The summed E-state index contributed by atoms with van der Waals surface area (Å²) in [5.74, 6) is 0.554. The molecule has 1 aliphatic carbocycles. The minimum absolute atomic E-state index is 0.128. The fraction of sp³-hybridized carbons (Fsp3) is 1.00. The molecule has 0 amide bonds. The molecule has 6 heteroatoms. The van der Waals surface area contributed by atoms with Gasteiger partial charge in [0.05, 0.1) is 5.60 Å². The Morgan fingerprint density at radius 2 is 1.76 bits per heavy atom. The Labute approximate surface area is 150 Å². The van der Waals surface area contributed by atoms with Gasteiger partial charge >= 0.3 is 0 Å². The molecular weight excluding hydrogens is 324 g/mol. The molecule has 0 aromatic heterocycles. The first-order valence-corrected chi connectivity index (χ1v) is 9.69. The first kappa shape index (κ1) is 18.1. The van der Waals surface area contributed by atoms with Gasteiger partial charge < -0.3 is 9.47 Å². The predicted molar refractivity (Wildman–Crippen MR) is 88.8 cm³/mol. The Kier molecular flexibility index (Phi) is 4.26. The van der Waals surface area contributed by atoms with Gasteiger partial charge in [-0.25, -0.2) is 19.6 Å². The van der Waals surface area contributed by atoms with Crippen LogP contribution in [0.25, 0.3) is 0 Å². The monoisotopic (exact) mass is 356 g/mol. The Balaban J connectivity index is 1.65. The highest BCUT2D eigenvalue weighted by Crippen LogP contribution is 2.60. The number of fused-ring (bicyclic) bond motifs is 2. The van der Waals surface area contributed by atoms with E-state index in [-0.39, 0.29) is 11.8 Å². The average Bonchev–Trinajstić information content (AvgIpc) is 2.75. The van der Waals surface area contributed by atoms with Crippen molar-refractivity contribution in [1.82, 2.24) is 0 Å². The fourth-order valence-corrected chi connectivity index (χ4v) is 5.17. The third-order valence-electron chi connectivity index (χ3n) is 6.49. The molecule has 1 saturated carbocycles. The molecule has 4 saturated heterocycles. The normalized spacial score (nSPS) is 52.6. The van der Waals surface area contributed by atoms with Crippen LogP contribution in [0.1, 0.15) is 67.2 Å². The van der Waals surface area contributed by atoms with Crippen molar-refractivity contribution in [2.45, 2.75) is 96.8 Å².